The standard InChI is InChI=1S/C17H23N3O2S/c1-21-15-6-5-13(12-16(15)22-2)7-9-19-17(18)20-10-8-14-4-3-11-23-14/h3-6,11-12H,7-10H2,1-2H3,(H3,18,19,20). The molecule has 0 atom stereocenters. The van der Waals surface area contributed by atoms with Gasteiger partial charge in [-0.3, -0.25) is 4.99 Å². The van der Waals surface area contributed by atoms with E-state index in [2.05, 4.69) is 27.8 Å². The van der Waals surface area contributed by atoms with Crippen LogP contribution in [0.3, 0.4) is 0 Å². The molecular weight excluding hydrogens is 310 g/mol. The summed E-state index contributed by atoms with van der Waals surface area (Å²) in [6.45, 7) is 1.43. The first-order valence-electron chi connectivity index (χ1n) is 7.50. The Morgan fingerprint density at radius 3 is 2.70 bits per heavy atom. The van der Waals surface area contributed by atoms with E-state index < -0.39 is 0 Å². The molecule has 6 heteroatoms. The van der Waals surface area contributed by atoms with Gasteiger partial charge >= 0.3 is 0 Å². The number of methoxy groups -OCH3 is 2. The molecule has 0 aliphatic heterocycles. The first-order chi connectivity index (χ1) is 11.2. The molecule has 23 heavy (non-hydrogen) atoms. The van der Waals surface area contributed by atoms with E-state index in [0.29, 0.717) is 12.5 Å². The highest BCUT2D eigenvalue weighted by molar-refractivity contribution is 7.09. The van der Waals surface area contributed by atoms with Crippen LogP contribution in [0.15, 0.2) is 40.7 Å². The molecule has 1 aromatic heterocycles. The van der Waals surface area contributed by atoms with Crippen LogP contribution in [0.4, 0.5) is 0 Å². The lowest BCUT2D eigenvalue weighted by molar-refractivity contribution is 0.354. The zero-order valence-electron chi connectivity index (χ0n) is 13.5. The molecular formula is C17H23N3O2S. The number of hydrogen-bond donors (Lipinski definition) is 2. The lowest BCUT2D eigenvalue weighted by atomic mass is 10.1. The summed E-state index contributed by atoms with van der Waals surface area (Å²) in [6, 6.07) is 10.1. The van der Waals surface area contributed by atoms with Crippen LogP contribution < -0.4 is 20.5 Å². The summed E-state index contributed by atoms with van der Waals surface area (Å²) in [7, 11) is 3.27. The summed E-state index contributed by atoms with van der Waals surface area (Å²) < 4.78 is 10.5. The van der Waals surface area contributed by atoms with Gasteiger partial charge in [-0.2, -0.15) is 0 Å². The average Bonchev–Trinajstić information content (AvgIpc) is 3.08. The van der Waals surface area contributed by atoms with Gasteiger partial charge in [0.25, 0.3) is 0 Å². The van der Waals surface area contributed by atoms with Crippen molar-refractivity contribution in [3.8, 4) is 11.5 Å². The number of nitrogens with zero attached hydrogens (tertiary/aromatic N) is 1. The number of hydrogen-bond acceptors (Lipinski definition) is 4. The Morgan fingerprint density at radius 1 is 1.17 bits per heavy atom. The predicted molar refractivity (Wildman–Crippen MR) is 95.8 cm³/mol. The van der Waals surface area contributed by atoms with Crippen molar-refractivity contribution in [2.24, 2.45) is 10.7 Å². The van der Waals surface area contributed by atoms with E-state index in [1.165, 1.54) is 4.88 Å². The highest BCUT2D eigenvalue weighted by Crippen LogP contribution is 2.27. The molecule has 2 rings (SSSR count). The number of rotatable bonds is 8. The van der Waals surface area contributed by atoms with Gasteiger partial charge < -0.3 is 20.5 Å². The molecule has 0 fully saturated rings. The molecule has 0 aliphatic carbocycles. The van der Waals surface area contributed by atoms with Gasteiger partial charge in [-0.15, -0.1) is 11.3 Å². The molecule has 0 spiro atoms. The van der Waals surface area contributed by atoms with Gasteiger partial charge in [-0.05, 0) is 35.6 Å². The molecule has 1 aromatic carbocycles. The summed E-state index contributed by atoms with van der Waals surface area (Å²) in [4.78, 5) is 5.66. The van der Waals surface area contributed by atoms with Crippen molar-refractivity contribution < 1.29 is 9.47 Å². The molecule has 0 saturated heterocycles. The zero-order valence-corrected chi connectivity index (χ0v) is 14.4. The fraction of sp³-hybridized carbons (Fsp3) is 0.353. The van der Waals surface area contributed by atoms with E-state index in [1.54, 1.807) is 25.6 Å². The Morgan fingerprint density at radius 2 is 2.00 bits per heavy atom. The van der Waals surface area contributed by atoms with Crippen molar-refractivity contribution >= 4 is 17.3 Å². The lowest BCUT2D eigenvalue weighted by Gasteiger charge is -2.10. The fourth-order valence-electron chi connectivity index (χ4n) is 2.17. The molecule has 0 saturated carbocycles. The minimum Gasteiger partial charge on any atom is -0.493 e. The van der Waals surface area contributed by atoms with E-state index in [1.807, 2.05) is 18.2 Å². The minimum atomic E-state index is 0.488. The molecule has 0 amide bonds. The minimum absolute atomic E-state index is 0.488. The number of thiophene rings is 1. The summed E-state index contributed by atoms with van der Waals surface area (Å²) in [5.41, 5.74) is 7.03. The van der Waals surface area contributed by atoms with E-state index in [9.17, 15) is 0 Å². The highest BCUT2D eigenvalue weighted by Gasteiger charge is 2.04. The Hall–Kier alpha value is -2.21. The maximum atomic E-state index is 5.88. The number of ether oxygens (including phenoxy) is 2. The molecule has 124 valence electrons. The van der Waals surface area contributed by atoms with Crippen molar-refractivity contribution in [2.75, 3.05) is 27.3 Å². The zero-order chi connectivity index (χ0) is 16.5. The first-order valence-corrected chi connectivity index (χ1v) is 8.38. The van der Waals surface area contributed by atoms with Gasteiger partial charge in [-0.1, -0.05) is 12.1 Å². The Bertz CT molecular complexity index is 627. The fourth-order valence-corrected chi connectivity index (χ4v) is 2.87. The third-order valence-corrected chi connectivity index (χ3v) is 4.32. The van der Waals surface area contributed by atoms with Gasteiger partial charge in [0.05, 0.1) is 14.2 Å². The van der Waals surface area contributed by atoms with Crippen molar-refractivity contribution in [1.29, 1.82) is 0 Å². The van der Waals surface area contributed by atoms with Gasteiger partial charge in [0.2, 0.25) is 0 Å². The first kappa shape index (κ1) is 17.1. The summed E-state index contributed by atoms with van der Waals surface area (Å²) in [6.07, 6.45) is 1.76. The molecule has 2 aromatic rings. The van der Waals surface area contributed by atoms with E-state index in [-0.39, 0.29) is 0 Å². The average molecular weight is 333 g/mol. The van der Waals surface area contributed by atoms with Crippen molar-refractivity contribution in [1.82, 2.24) is 5.32 Å². The predicted octanol–water partition coefficient (Wildman–Crippen LogP) is 2.45. The smallest absolute Gasteiger partial charge is 0.188 e. The Labute approximate surface area is 141 Å². The maximum absolute atomic E-state index is 5.88. The quantitative estimate of drug-likeness (QED) is 0.575. The van der Waals surface area contributed by atoms with E-state index in [0.717, 1.165) is 36.4 Å². The third kappa shape index (κ3) is 5.49. The SMILES string of the molecule is COc1ccc(CCNC(N)=NCCc2cccs2)cc1OC. The summed E-state index contributed by atoms with van der Waals surface area (Å²) in [5.74, 6) is 1.96. The van der Waals surface area contributed by atoms with Gasteiger partial charge in [0.15, 0.2) is 17.5 Å². The monoisotopic (exact) mass is 333 g/mol. The Balaban J connectivity index is 1.75. The second-order valence-electron chi connectivity index (χ2n) is 4.96. The van der Waals surface area contributed by atoms with Crippen LogP contribution in [0.5, 0.6) is 11.5 Å². The number of nitrogens with two attached hydrogens (primary N) is 1. The topological polar surface area (TPSA) is 68.9 Å². The van der Waals surface area contributed by atoms with Crippen molar-refractivity contribution in [3.63, 3.8) is 0 Å². The van der Waals surface area contributed by atoms with Crippen LogP contribution in [0.25, 0.3) is 0 Å². The molecule has 0 aliphatic rings. The van der Waals surface area contributed by atoms with Crippen molar-refractivity contribution in [2.45, 2.75) is 12.8 Å². The number of aliphatic imine (C=N–C) groups is 1. The van der Waals surface area contributed by atoms with E-state index >= 15 is 0 Å². The second kappa shape index (κ2) is 9.05. The lowest BCUT2D eigenvalue weighted by Crippen LogP contribution is -2.33. The van der Waals surface area contributed by atoms with E-state index in [4.69, 9.17) is 15.2 Å². The third-order valence-electron chi connectivity index (χ3n) is 3.39. The molecule has 0 radical (unpaired) electrons. The van der Waals surface area contributed by atoms with Crippen LogP contribution in [0.2, 0.25) is 0 Å². The van der Waals surface area contributed by atoms with Crippen LogP contribution in [-0.2, 0) is 12.8 Å². The maximum Gasteiger partial charge on any atom is 0.188 e. The normalized spacial score (nSPS) is 11.3. The molecule has 0 unspecified atom stereocenters. The molecule has 3 N–H and O–H groups in total. The van der Waals surface area contributed by atoms with Gasteiger partial charge in [0.1, 0.15) is 0 Å². The molecule has 5 nitrogen and oxygen atoms in total. The van der Waals surface area contributed by atoms with Crippen molar-refractivity contribution in [3.05, 3.63) is 46.2 Å². The van der Waals surface area contributed by atoms with Crippen LogP contribution in [-0.4, -0.2) is 33.3 Å². The Kier molecular flexibility index (Phi) is 6.75. The van der Waals surface area contributed by atoms with Gasteiger partial charge in [0, 0.05) is 24.4 Å². The van der Waals surface area contributed by atoms with Crippen LogP contribution in [0.1, 0.15) is 10.4 Å². The summed E-state index contributed by atoms with van der Waals surface area (Å²) >= 11 is 1.74. The number of guanidine groups is 1. The molecule has 0 bridgehead atoms. The number of nitrogens with one attached hydrogen (secondary N) is 1. The highest BCUT2D eigenvalue weighted by atomic mass is 32.1. The second-order valence-corrected chi connectivity index (χ2v) is 5.99. The van der Waals surface area contributed by atoms with Crippen LogP contribution >= 0.6 is 11.3 Å². The number of benzene rings is 1. The summed E-state index contributed by atoms with van der Waals surface area (Å²) in [5, 5.41) is 5.21. The molecule has 1 heterocycles. The van der Waals surface area contributed by atoms with Gasteiger partial charge in [-0.25, -0.2) is 0 Å². The van der Waals surface area contributed by atoms with Crippen LogP contribution in [0, 0.1) is 0 Å². The largest absolute Gasteiger partial charge is 0.493 e.